The van der Waals surface area contributed by atoms with Gasteiger partial charge in [-0.2, -0.15) is 4.52 Å². The maximum atomic E-state index is 11.9. The van der Waals surface area contributed by atoms with Crippen molar-refractivity contribution in [2.45, 2.75) is 45.9 Å². The molecule has 0 aromatic carbocycles. The molecule has 1 saturated heterocycles. The van der Waals surface area contributed by atoms with Crippen molar-refractivity contribution < 1.29 is 4.74 Å². The average molecular weight is 337 g/mol. The summed E-state index contributed by atoms with van der Waals surface area (Å²) < 4.78 is 7.13. The Bertz CT molecular complexity index is 733. The van der Waals surface area contributed by atoms with Crippen LogP contribution in [0.25, 0.3) is 4.96 Å². The summed E-state index contributed by atoms with van der Waals surface area (Å²) in [5.74, 6) is 0. The van der Waals surface area contributed by atoms with Crippen LogP contribution >= 0.6 is 11.3 Å². The van der Waals surface area contributed by atoms with Gasteiger partial charge >= 0.3 is 0 Å². The fourth-order valence-electron chi connectivity index (χ4n) is 2.93. The van der Waals surface area contributed by atoms with Gasteiger partial charge < -0.3 is 10.1 Å². The molecule has 3 heterocycles. The highest BCUT2D eigenvalue weighted by molar-refractivity contribution is 7.20. The molecule has 2 aromatic heterocycles. The van der Waals surface area contributed by atoms with Crippen molar-refractivity contribution in [2.75, 3.05) is 25.0 Å². The van der Waals surface area contributed by atoms with Crippen LogP contribution in [0.15, 0.2) is 10.9 Å². The van der Waals surface area contributed by atoms with E-state index in [1.54, 1.807) is 0 Å². The Morgan fingerprint density at radius 1 is 1.43 bits per heavy atom. The van der Waals surface area contributed by atoms with Crippen LogP contribution in [-0.4, -0.2) is 57.4 Å². The molecule has 0 saturated carbocycles. The van der Waals surface area contributed by atoms with Crippen LogP contribution in [-0.2, 0) is 4.74 Å². The van der Waals surface area contributed by atoms with Gasteiger partial charge in [0.2, 0.25) is 10.1 Å². The molecule has 1 N–H and O–H groups in total. The third-order valence-electron chi connectivity index (χ3n) is 3.99. The molecule has 0 bridgehead atoms. The lowest BCUT2D eigenvalue weighted by Gasteiger charge is -2.38. The monoisotopic (exact) mass is 337 g/mol. The van der Waals surface area contributed by atoms with Gasteiger partial charge in [-0.15, -0.1) is 5.10 Å². The van der Waals surface area contributed by atoms with Crippen LogP contribution in [0.3, 0.4) is 0 Å². The maximum absolute atomic E-state index is 11.9. The fourth-order valence-corrected chi connectivity index (χ4v) is 3.79. The zero-order chi connectivity index (χ0) is 16.6. The van der Waals surface area contributed by atoms with Gasteiger partial charge in [0, 0.05) is 37.4 Å². The van der Waals surface area contributed by atoms with E-state index in [0.29, 0.717) is 11.0 Å². The number of aromatic nitrogens is 3. The van der Waals surface area contributed by atoms with E-state index >= 15 is 0 Å². The van der Waals surface area contributed by atoms with Crippen LogP contribution in [0, 0.1) is 6.92 Å². The molecule has 0 unspecified atom stereocenters. The number of rotatable bonds is 4. The minimum absolute atomic E-state index is 0.138. The zero-order valence-corrected chi connectivity index (χ0v) is 14.8. The lowest BCUT2D eigenvalue weighted by molar-refractivity contribution is -0.0769. The largest absolute Gasteiger partial charge is 0.373 e. The van der Waals surface area contributed by atoms with Gasteiger partial charge in [0.25, 0.3) is 5.56 Å². The number of aryl methyl sites for hydroxylation is 1. The molecule has 8 heteroatoms. The van der Waals surface area contributed by atoms with Crippen molar-refractivity contribution in [1.82, 2.24) is 19.5 Å². The molecule has 0 amide bonds. The Morgan fingerprint density at radius 3 is 2.83 bits per heavy atom. The molecular weight excluding hydrogens is 314 g/mol. The Morgan fingerprint density at radius 2 is 2.13 bits per heavy atom. The second-order valence-electron chi connectivity index (χ2n) is 6.28. The number of nitrogens with one attached hydrogen (secondary N) is 1. The van der Waals surface area contributed by atoms with Crippen molar-refractivity contribution in [1.29, 1.82) is 0 Å². The van der Waals surface area contributed by atoms with E-state index in [-0.39, 0.29) is 17.8 Å². The fraction of sp³-hybridized carbons (Fsp3) is 0.667. The van der Waals surface area contributed by atoms with Crippen LogP contribution in [0.2, 0.25) is 0 Å². The average Bonchev–Trinajstić information content (AvgIpc) is 2.87. The Labute approximate surface area is 139 Å². The highest BCUT2D eigenvalue weighted by atomic mass is 32.1. The highest BCUT2D eigenvalue weighted by Crippen LogP contribution is 2.18. The molecule has 3 atom stereocenters. The van der Waals surface area contributed by atoms with Crippen LogP contribution in [0.4, 0.5) is 5.13 Å². The zero-order valence-electron chi connectivity index (χ0n) is 13.9. The third kappa shape index (κ3) is 3.70. The minimum Gasteiger partial charge on any atom is -0.373 e. The quantitative estimate of drug-likeness (QED) is 0.908. The lowest BCUT2D eigenvalue weighted by Crippen LogP contribution is -2.51. The highest BCUT2D eigenvalue weighted by Gasteiger charge is 2.25. The second-order valence-corrected chi connectivity index (χ2v) is 7.23. The Balaban J connectivity index is 1.66. The number of hydrogen-bond acceptors (Lipinski definition) is 7. The number of morpholine rings is 1. The number of nitrogens with zero attached hydrogens (tertiary/aromatic N) is 4. The first kappa shape index (κ1) is 16.4. The molecular formula is C15H23N5O2S. The van der Waals surface area contributed by atoms with Crippen molar-refractivity contribution in [3.8, 4) is 0 Å². The second kappa shape index (κ2) is 6.54. The Hall–Kier alpha value is -1.51. The van der Waals surface area contributed by atoms with Crippen LogP contribution in [0.5, 0.6) is 0 Å². The maximum Gasteiger partial charge on any atom is 0.275 e. The Kier molecular flexibility index (Phi) is 4.65. The molecule has 2 aromatic rings. The summed E-state index contributed by atoms with van der Waals surface area (Å²) in [5, 5.41) is 8.36. The van der Waals surface area contributed by atoms with Gasteiger partial charge in [-0.05, 0) is 27.7 Å². The topological polar surface area (TPSA) is 71.8 Å². The van der Waals surface area contributed by atoms with Crippen molar-refractivity contribution >= 4 is 21.4 Å². The third-order valence-corrected chi connectivity index (χ3v) is 4.86. The first-order chi connectivity index (χ1) is 10.9. The number of fused-ring (bicyclic) bond motifs is 1. The smallest absolute Gasteiger partial charge is 0.275 e. The SMILES string of the molecule is Cc1cc(=O)n2nc(NC[C@H](C)N3C[C@H](C)O[C@@H](C)C3)sc2n1. The van der Waals surface area contributed by atoms with Gasteiger partial charge in [-0.3, -0.25) is 9.69 Å². The molecule has 0 aliphatic carbocycles. The molecule has 1 aliphatic heterocycles. The van der Waals surface area contributed by atoms with Crippen molar-refractivity contribution in [2.24, 2.45) is 0 Å². The molecule has 0 spiro atoms. The molecule has 3 rings (SSSR count). The number of anilines is 1. The van der Waals surface area contributed by atoms with Gasteiger partial charge in [0.1, 0.15) is 0 Å². The van der Waals surface area contributed by atoms with Crippen LogP contribution < -0.4 is 10.9 Å². The summed E-state index contributed by atoms with van der Waals surface area (Å²) in [6.45, 7) is 10.9. The van der Waals surface area contributed by atoms with Gasteiger partial charge in [0.15, 0.2) is 0 Å². The molecule has 7 nitrogen and oxygen atoms in total. The van der Waals surface area contributed by atoms with E-state index in [0.717, 1.165) is 30.5 Å². The minimum atomic E-state index is -0.138. The molecule has 0 radical (unpaired) electrons. The van der Waals surface area contributed by atoms with Crippen LogP contribution in [0.1, 0.15) is 26.5 Å². The first-order valence-electron chi connectivity index (χ1n) is 7.93. The lowest BCUT2D eigenvalue weighted by atomic mass is 10.2. The summed E-state index contributed by atoms with van der Waals surface area (Å²) in [5.41, 5.74) is 0.579. The molecule has 1 fully saturated rings. The summed E-state index contributed by atoms with van der Waals surface area (Å²) in [6, 6.07) is 1.86. The number of ether oxygens (including phenoxy) is 1. The van der Waals surface area contributed by atoms with Gasteiger partial charge in [-0.1, -0.05) is 11.3 Å². The first-order valence-corrected chi connectivity index (χ1v) is 8.75. The number of hydrogen-bond donors (Lipinski definition) is 1. The summed E-state index contributed by atoms with van der Waals surface area (Å²) in [4.78, 5) is 19.3. The predicted molar refractivity (Wildman–Crippen MR) is 91.4 cm³/mol. The predicted octanol–water partition coefficient (Wildman–Crippen LogP) is 1.37. The molecule has 126 valence electrons. The van der Waals surface area contributed by atoms with E-state index in [9.17, 15) is 4.79 Å². The van der Waals surface area contributed by atoms with Crippen molar-refractivity contribution in [3.63, 3.8) is 0 Å². The molecule has 1 aliphatic rings. The van der Waals surface area contributed by atoms with Gasteiger partial charge in [-0.25, -0.2) is 4.98 Å². The standard InChI is InChI=1S/C15H23N5O2S/c1-9-5-13(21)20-15(17-9)23-14(18-20)16-6-10(2)19-7-11(3)22-12(4)8-19/h5,10-12H,6-8H2,1-4H3,(H,16,18)/t10-,11-,12-/m0/s1. The van der Waals surface area contributed by atoms with E-state index in [2.05, 4.69) is 41.1 Å². The summed E-state index contributed by atoms with van der Waals surface area (Å²) in [6.07, 6.45) is 0.517. The summed E-state index contributed by atoms with van der Waals surface area (Å²) in [7, 11) is 0. The van der Waals surface area contributed by atoms with Gasteiger partial charge in [0.05, 0.1) is 12.2 Å². The molecule has 23 heavy (non-hydrogen) atoms. The van der Waals surface area contributed by atoms with E-state index < -0.39 is 0 Å². The van der Waals surface area contributed by atoms with Crippen molar-refractivity contribution in [3.05, 3.63) is 22.1 Å². The summed E-state index contributed by atoms with van der Waals surface area (Å²) >= 11 is 1.40. The van der Waals surface area contributed by atoms with E-state index in [1.807, 2.05) is 6.92 Å². The van der Waals surface area contributed by atoms with E-state index in [4.69, 9.17) is 4.74 Å². The normalized spacial score (nSPS) is 24.0. The van der Waals surface area contributed by atoms with E-state index in [1.165, 1.54) is 21.9 Å².